The Hall–Kier alpha value is -2.15. The van der Waals surface area contributed by atoms with Gasteiger partial charge in [-0.1, -0.05) is 6.92 Å². The molecule has 0 spiro atoms. The maximum atomic E-state index is 11.3. The van der Waals surface area contributed by atoms with Gasteiger partial charge in [-0.3, -0.25) is 14.9 Å². The zero-order valence-corrected chi connectivity index (χ0v) is 11.6. The molecule has 1 aromatic carbocycles. The summed E-state index contributed by atoms with van der Waals surface area (Å²) in [5, 5.41) is 13.7. The van der Waals surface area contributed by atoms with Crippen LogP contribution < -0.4 is 15.8 Å². The Bertz CT molecular complexity index is 491. The number of benzene rings is 1. The number of ether oxygens (including phenoxy) is 1. The number of nitrogens with zero attached hydrogens (tertiary/aromatic N) is 1. The van der Waals surface area contributed by atoms with Crippen LogP contribution in [0.25, 0.3) is 0 Å². The molecule has 0 radical (unpaired) electrons. The fourth-order valence-corrected chi connectivity index (χ4v) is 1.59. The largest absolute Gasteiger partial charge is 0.491 e. The molecule has 0 saturated carbocycles. The molecule has 0 bridgehead atoms. The second-order valence-electron chi connectivity index (χ2n) is 4.43. The van der Waals surface area contributed by atoms with Crippen LogP contribution in [0.3, 0.4) is 0 Å². The number of non-ortho nitro benzene ring substituents is 1. The van der Waals surface area contributed by atoms with Crippen molar-refractivity contribution >= 4 is 11.6 Å². The van der Waals surface area contributed by atoms with Gasteiger partial charge in [-0.05, 0) is 31.5 Å². The van der Waals surface area contributed by atoms with Gasteiger partial charge in [-0.15, -0.1) is 0 Å². The Morgan fingerprint density at radius 3 is 2.80 bits per heavy atom. The van der Waals surface area contributed by atoms with Gasteiger partial charge < -0.3 is 15.8 Å². The van der Waals surface area contributed by atoms with Gasteiger partial charge in [-0.25, -0.2) is 0 Å². The number of nitrogens with one attached hydrogen (secondary N) is 1. The van der Waals surface area contributed by atoms with Gasteiger partial charge in [0.2, 0.25) is 5.91 Å². The van der Waals surface area contributed by atoms with E-state index in [0.717, 1.165) is 12.0 Å². The Balaban J connectivity index is 2.74. The normalized spacial score (nSPS) is 11.9. The summed E-state index contributed by atoms with van der Waals surface area (Å²) in [7, 11) is 0. The molecule has 3 N–H and O–H groups in total. The average Bonchev–Trinajstić information content (AvgIpc) is 2.39. The van der Waals surface area contributed by atoms with E-state index in [9.17, 15) is 14.9 Å². The summed E-state index contributed by atoms with van der Waals surface area (Å²) in [6.07, 6.45) is 0.861. The molecule has 7 heteroatoms. The van der Waals surface area contributed by atoms with Crippen molar-refractivity contribution in [1.82, 2.24) is 5.32 Å². The molecular weight excluding hydrogens is 262 g/mol. The maximum absolute atomic E-state index is 11.3. The number of nitrogens with two attached hydrogens (primary N) is 1. The topological polar surface area (TPSA) is 107 Å². The summed E-state index contributed by atoms with van der Waals surface area (Å²) in [5.74, 6) is -0.134. The van der Waals surface area contributed by atoms with E-state index in [1.165, 1.54) is 12.1 Å². The van der Waals surface area contributed by atoms with Crippen molar-refractivity contribution in [2.24, 2.45) is 5.73 Å². The zero-order valence-electron chi connectivity index (χ0n) is 11.6. The first-order chi connectivity index (χ1) is 9.45. The highest BCUT2D eigenvalue weighted by atomic mass is 16.6. The Labute approximate surface area is 117 Å². The van der Waals surface area contributed by atoms with Crippen molar-refractivity contribution in [3.63, 3.8) is 0 Å². The summed E-state index contributed by atoms with van der Waals surface area (Å²) in [5.41, 5.74) is 5.97. The lowest BCUT2D eigenvalue weighted by Gasteiger charge is -2.16. The molecule has 1 atom stereocenters. The molecule has 0 fully saturated rings. The molecule has 1 rings (SSSR count). The van der Waals surface area contributed by atoms with E-state index >= 15 is 0 Å². The van der Waals surface area contributed by atoms with Gasteiger partial charge in [0.1, 0.15) is 18.4 Å². The van der Waals surface area contributed by atoms with Crippen LogP contribution in [0.15, 0.2) is 18.2 Å². The number of nitro groups is 1. The number of aryl methyl sites for hydroxylation is 1. The van der Waals surface area contributed by atoms with Crippen molar-refractivity contribution in [2.45, 2.75) is 26.3 Å². The highest BCUT2D eigenvalue weighted by molar-refractivity contribution is 5.80. The fraction of sp³-hybridized carbons (Fsp3) is 0.462. The summed E-state index contributed by atoms with van der Waals surface area (Å²) in [6, 6.07) is 3.73. The van der Waals surface area contributed by atoms with Crippen LogP contribution in [0.4, 0.5) is 5.69 Å². The molecule has 20 heavy (non-hydrogen) atoms. The minimum atomic E-state index is -0.617. The summed E-state index contributed by atoms with van der Waals surface area (Å²) < 4.78 is 5.48. The van der Waals surface area contributed by atoms with Crippen LogP contribution in [0, 0.1) is 17.0 Å². The van der Waals surface area contributed by atoms with E-state index in [4.69, 9.17) is 10.5 Å². The van der Waals surface area contributed by atoms with E-state index in [0.29, 0.717) is 12.3 Å². The molecular formula is C13H19N3O4. The third-order valence-electron chi connectivity index (χ3n) is 2.77. The monoisotopic (exact) mass is 281 g/mol. The van der Waals surface area contributed by atoms with Crippen LogP contribution in [-0.4, -0.2) is 30.0 Å². The lowest BCUT2D eigenvalue weighted by Crippen LogP contribution is -2.45. The van der Waals surface area contributed by atoms with Crippen LogP contribution >= 0.6 is 0 Å². The van der Waals surface area contributed by atoms with Gasteiger partial charge in [0.05, 0.1) is 11.0 Å². The smallest absolute Gasteiger partial charge is 0.273 e. The predicted octanol–water partition coefficient (Wildman–Crippen LogP) is 1.14. The minimum absolute atomic E-state index is 0.0390. The first-order valence-electron chi connectivity index (χ1n) is 6.36. The van der Waals surface area contributed by atoms with Crippen LogP contribution in [-0.2, 0) is 4.79 Å². The van der Waals surface area contributed by atoms with E-state index in [1.54, 1.807) is 13.0 Å². The molecule has 7 nitrogen and oxygen atoms in total. The fourth-order valence-electron chi connectivity index (χ4n) is 1.59. The lowest BCUT2D eigenvalue weighted by atomic mass is 10.2. The molecule has 0 aliphatic rings. The predicted molar refractivity (Wildman–Crippen MR) is 74.6 cm³/mol. The lowest BCUT2D eigenvalue weighted by molar-refractivity contribution is -0.384. The number of carbonyl (C=O) groups excluding carboxylic acids is 1. The number of hydrogen-bond donors (Lipinski definition) is 2. The molecule has 0 heterocycles. The molecule has 110 valence electrons. The quantitative estimate of drug-likeness (QED) is 0.548. The molecule has 0 saturated heterocycles. The van der Waals surface area contributed by atoms with Crippen molar-refractivity contribution in [1.29, 1.82) is 0 Å². The first kappa shape index (κ1) is 15.9. The number of carbonyl (C=O) groups is 1. The zero-order chi connectivity index (χ0) is 15.1. The van der Waals surface area contributed by atoms with Crippen LogP contribution in [0.2, 0.25) is 0 Å². The SMILES string of the molecule is CCCNC(COc1cc([N+](=O)[O-])ccc1C)C(N)=O. The number of hydrogen-bond acceptors (Lipinski definition) is 5. The van der Waals surface area contributed by atoms with Gasteiger partial charge in [0.25, 0.3) is 5.69 Å². The summed E-state index contributed by atoms with van der Waals surface area (Å²) >= 11 is 0. The first-order valence-corrected chi connectivity index (χ1v) is 6.36. The molecule has 0 aliphatic carbocycles. The van der Waals surface area contributed by atoms with Crippen LogP contribution in [0.5, 0.6) is 5.75 Å². The number of nitro benzene ring substituents is 1. The van der Waals surface area contributed by atoms with E-state index in [2.05, 4.69) is 5.32 Å². The van der Waals surface area contributed by atoms with E-state index < -0.39 is 16.9 Å². The number of primary amides is 1. The molecule has 1 aromatic rings. The molecule has 1 amide bonds. The third-order valence-corrected chi connectivity index (χ3v) is 2.77. The van der Waals surface area contributed by atoms with Crippen LogP contribution in [0.1, 0.15) is 18.9 Å². The van der Waals surface area contributed by atoms with Crippen molar-refractivity contribution in [3.05, 3.63) is 33.9 Å². The van der Waals surface area contributed by atoms with Crippen molar-refractivity contribution < 1.29 is 14.5 Å². The third kappa shape index (κ3) is 4.51. The minimum Gasteiger partial charge on any atom is -0.491 e. The van der Waals surface area contributed by atoms with Crippen molar-refractivity contribution in [3.8, 4) is 5.75 Å². The van der Waals surface area contributed by atoms with Gasteiger partial charge in [-0.2, -0.15) is 0 Å². The number of amides is 1. The van der Waals surface area contributed by atoms with E-state index in [-0.39, 0.29) is 12.3 Å². The molecule has 1 unspecified atom stereocenters. The molecule has 0 aliphatic heterocycles. The molecule has 0 aromatic heterocycles. The Morgan fingerprint density at radius 1 is 1.55 bits per heavy atom. The second-order valence-corrected chi connectivity index (χ2v) is 4.43. The van der Waals surface area contributed by atoms with Crippen molar-refractivity contribution in [2.75, 3.05) is 13.2 Å². The Kier molecular flexibility index (Phi) is 5.92. The standard InChI is InChI=1S/C13H19N3O4/c1-3-6-15-11(13(14)17)8-20-12-7-10(16(18)19)5-4-9(12)2/h4-5,7,11,15H,3,6,8H2,1-2H3,(H2,14,17). The average molecular weight is 281 g/mol. The summed E-state index contributed by atoms with van der Waals surface area (Å²) in [4.78, 5) is 21.5. The summed E-state index contributed by atoms with van der Waals surface area (Å²) in [6.45, 7) is 4.43. The second kappa shape index (κ2) is 7.44. The van der Waals surface area contributed by atoms with E-state index in [1.807, 2.05) is 6.92 Å². The highest BCUT2D eigenvalue weighted by Crippen LogP contribution is 2.24. The maximum Gasteiger partial charge on any atom is 0.273 e. The highest BCUT2D eigenvalue weighted by Gasteiger charge is 2.16. The number of rotatable bonds is 8. The van der Waals surface area contributed by atoms with Gasteiger partial charge in [0.15, 0.2) is 0 Å². The van der Waals surface area contributed by atoms with Gasteiger partial charge >= 0.3 is 0 Å². The Morgan fingerprint density at radius 2 is 2.25 bits per heavy atom. The van der Waals surface area contributed by atoms with Gasteiger partial charge in [0, 0.05) is 6.07 Å².